The van der Waals surface area contributed by atoms with Crippen molar-refractivity contribution in [1.29, 1.82) is 0 Å². The molecule has 1 aromatic heterocycles. The summed E-state index contributed by atoms with van der Waals surface area (Å²) in [6.45, 7) is 1.11. The minimum atomic E-state index is 0.0457. The zero-order chi connectivity index (χ0) is 16.6. The van der Waals surface area contributed by atoms with Crippen LogP contribution in [0.5, 0.6) is 5.75 Å². The number of amides is 1. The molecular formula is C19H24N2O2S. The van der Waals surface area contributed by atoms with Crippen molar-refractivity contribution in [2.24, 2.45) is 0 Å². The number of carbonyl (C=O) groups excluding carboxylic acids is 1. The molecule has 24 heavy (non-hydrogen) atoms. The molecule has 0 fully saturated rings. The lowest BCUT2D eigenvalue weighted by Gasteiger charge is -2.07. The Labute approximate surface area is 147 Å². The zero-order valence-electron chi connectivity index (χ0n) is 13.9. The number of ether oxygens (including phenoxy) is 1. The summed E-state index contributed by atoms with van der Waals surface area (Å²) < 4.78 is 5.53. The average molecular weight is 344 g/mol. The molecule has 1 aliphatic rings. The number of nitrogens with one attached hydrogen (secondary N) is 1. The van der Waals surface area contributed by atoms with Gasteiger partial charge in [-0.1, -0.05) is 18.2 Å². The monoisotopic (exact) mass is 344 g/mol. The van der Waals surface area contributed by atoms with Gasteiger partial charge in [0, 0.05) is 17.8 Å². The summed E-state index contributed by atoms with van der Waals surface area (Å²) in [6.07, 6.45) is 7.21. The van der Waals surface area contributed by atoms with Gasteiger partial charge in [-0.25, -0.2) is 4.98 Å². The van der Waals surface area contributed by atoms with Crippen LogP contribution < -0.4 is 10.1 Å². The molecule has 0 bridgehead atoms. The average Bonchev–Trinajstić information content (AvgIpc) is 3.02. The number of thiazole rings is 1. The number of fused-ring (bicyclic) bond motifs is 1. The van der Waals surface area contributed by atoms with E-state index in [1.54, 1.807) is 0 Å². The third-order valence-electron chi connectivity index (χ3n) is 4.12. The van der Waals surface area contributed by atoms with E-state index in [0.717, 1.165) is 25.0 Å². The van der Waals surface area contributed by atoms with Crippen LogP contribution >= 0.6 is 11.3 Å². The molecule has 1 aliphatic carbocycles. The van der Waals surface area contributed by atoms with Gasteiger partial charge in [-0.2, -0.15) is 0 Å². The van der Waals surface area contributed by atoms with Crippen LogP contribution in [0.15, 0.2) is 30.3 Å². The smallest absolute Gasteiger partial charge is 0.223 e. The largest absolute Gasteiger partial charge is 0.493 e. The van der Waals surface area contributed by atoms with Crippen molar-refractivity contribution in [3.8, 4) is 5.75 Å². The van der Waals surface area contributed by atoms with Crippen LogP contribution in [0.3, 0.4) is 0 Å². The number of benzene rings is 1. The minimum Gasteiger partial charge on any atom is -0.493 e. The van der Waals surface area contributed by atoms with E-state index >= 15 is 0 Å². The molecule has 0 atom stereocenters. The number of nitrogens with zero attached hydrogens (tertiary/aromatic N) is 1. The lowest BCUT2D eigenvalue weighted by atomic mass is 10.0. The van der Waals surface area contributed by atoms with Gasteiger partial charge in [-0.05, 0) is 44.2 Å². The summed E-state index contributed by atoms with van der Waals surface area (Å²) in [7, 11) is 0. The van der Waals surface area contributed by atoms with E-state index in [9.17, 15) is 4.79 Å². The first-order valence-corrected chi connectivity index (χ1v) is 9.55. The highest BCUT2D eigenvalue weighted by molar-refractivity contribution is 7.11. The molecule has 0 radical (unpaired) electrons. The van der Waals surface area contributed by atoms with E-state index in [1.807, 2.05) is 41.7 Å². The molecule has 0 saturated carbocycles. The number of para-hydroxylation sites is 1. The molecule has 1 heterocycles. The number of aromatic nitrogens is 1. The summed E-state index contributed by atoms with van der Waals surface area (Å²) in [6, 6.07) is 9.58. The Bertz CT molecular complexity index is 631. The molecule has 3 rings (SSSR count). The summed E-state index contributed by atoms with van der Waals surface area (Å²) in [5.74, 6) is 0.849. The molecular weight excluding hydrogens is 320 g/mol. The van der Waals surface area contributed by atoms with E-state index in [2.05, 4.69) is 5.32 Å². The van der Waals surface area contributed by atoms with Crippen molar-refractivity contribution in [1.82, 2.24) is 10.3 Å². The second-order valence-electron chi connectivity index (χ2n) is 6.05. The fraction of sp³-hybridized carbons (Fsp3) is 0.474. The molecule has 128 valence electrons. The minimum absolute atomic E-state index is 0.0457. The van der Waals surface area contributed by atoms with Crippen LogP contribution in [-0.2, 0) is 24.1 Å². The Morgan fingerprint density at radius 1 is 1.21 bits per heavy atom. The molecule has 0 saturated heterocycles. The molecule has 4 nitrogen and oxygen atoms in total. The third kappa shape index (κ3) is 5.06. The number of rotatable bonds is 8. The Kier molecular flexibility index (Phi) is 6.24. The van der Waals surface area contributed by atoms with Crippen molar-refractivity contribution in [2.45, 2.75) is 44.9 Å². The van der Waals surface area contributed by atoms with Gasteiger partial charge < -0.3 is 10.1 Å². The molecule has 0 aliphatic heterocycles. The normalized spacial score (nSPS) is 13.3. The van der Waals surface area contributed by atoms with Crippen molar-refractivity contribution in [2.75, 3.05) is 13.2 Å². The van der Waals surface area contributed by atoms with E-state index in [-0.39, 0.29) is 5.91 Å². The highest BCUT2D eigenvalue weighted by Gasteiger charge is 2.14. The van der Waals surface area contributed by atoms with Gasteiger partial charge in [-0.3, -0.25) is 4.79 Å². The molecule has 0 unspecified atom stereocenters. The molecule has 5 heteroatoms. The maximum atomic E-state index is 11.8. The number of hydrogen-bond donors (Lipinski definition) is 1. The van der Waals surface area contributed by atoms with E-state index in [4.69, 9.17) is 9.72 Å². The summed E-state index contributed by atoms with van der Waals surface area (Å²) >= 11 is 1.86. The van der Waals surface area contributed by atoms with Gasteiger partial charge >= 0.3 is 0 Å². The third-order valence-corrected chi connectivity index (χ3v) is 5.34. The Morgan fingerprint density at radius 3 is 2.88 bits per heavy atom. The first-order chi connectivity index (χ1) is 11.8. The van der Waals surface area contributed by atoms with Gasteiger partial charge in [0.25, 0.3) is 0 Å². The second-order valence-corrected chi connectivity index (χ2v) is 7.22. The summed E-state index contributed by atoms with van der Waals surface area (Å²) in [5.41, 5.74) is 1.32. The van der Waals surface area contributed by atoms with Gasteiger partial charge in [-0.15, -0.1) is 11.3 Å². The van der Waals surface area contributed by atoms with Crippen LogP contribution in [0, 0.1) is 0 Å². The summed E-state index contributed by atoms with van der Waals surface area (Å²) in [5, 5.41) is 4.18. The van der Waals surface area contributed by atoms with Crippen LogP contribution in [-0.4, -0.2) is 24.0 Å². The molecule has 1 N–H and O–H groups in total. The lowest BCUT2D eigenvalue weighted by molar-refractivity contribution is -0.121. The second kappa shape index (κ2) is 8.83. The first-order valence-electron chi connectivity index (χ1n) is 8.73. The van der Waals surface area contributed by atoms with Crippen molar-refractivity contribution in [3.05, 3.63) is 45.9 Å². The van der Waals surface area contributed by atoms with Crippen molar-refractivity contribution < 1.29 is 9.53 Å². The SMILES string of the molecule is O=C(CCOc1ccccc1)NCCCc1nc2c(s1)CCCC2. The fourth-order valence-corrected chi connectivity index (χ4v) is 4.05. The topological polar surface area (TPSA) is 51.2 Å². The van der Waals surface area contributed by atoms with Gasteiger partial charge in [0.1, 0.15) is 5.75 Å². The molecule has 0 spiro atoms. The fourth-order valence-electron chi connectivity index (χ4n) is 2.85. The predicted octanol–water partition coefficient (Wildman–Crippen LogP) is 3.54. The van der Waals surface area contributed by atoms with Crippen LogP contribution in [0.4, 0.5) is 0 Å². The van der Waals surface area contributed by atoms with E-state index in [1.165, 1.54) is 34.8 Å². The number of carbonyl (C=O) groups is 1. The molecule has 1 aromatic carbocycles. The summed E-state index contributed by atoms with van der Waals surface area (Å²) in [4.78, 5) is 18.0. The predicted molar refractivity (Wildman–Crippen MR) is 96.6 cm³/mol. The standard InChI is InChI=1S/C19H24N2O2S/c22-18(12-14-23-15-7-2-1-3-8-15)20-13-6-11-19-21-16-9-4-5-10-17(16)24-19/h1-3,7-8H,4-6,9-14H2,(H,20,22). The Morgan fingerprint density at radius 2 is 2.04 bits per heavy atom. The maximum Gasteiger partial charge on any atom is 0.223 e. The number of aryl methyl sites for hydroxylation is 3. The lowest BCUT2D eigenvalue weighted by Crippen LogP contribution is -2.26. The number of hydrogen-bond acceptors (Lipinski definition) is 4. The van der Waals surface area contributed by atoms with Crippen molar-refractivity contribution in [3.63, 3.8) is 0 Å². The Hall–Kier alpha value is -1.88. The maximum absolute atomic E-state index is 11.8. The highest BCUT2D eigenvalue weighted by Crippen LogP contribution is 2.27. The van der Waals surface area contributed by atoms with Crippen LogP contribution in [0.2, 0.25) is 0 Å². The molecule has 1 amide bonds. The quantitative estimate of drug-likeness (QED) is 0.745. The van der Waals surface area contributed by atoms with E-state index < -0.39 is 0 Å². The van der Waals surface area contributed by atoms with Crippen LogP contribution in [0.25, 0.3) is 0 Å². The van der Waals surface area contributed by atoms with Crippen LogP contribution in [0.1, 0.15) is 41.3 Å². The van der Waals surface area contributed by atoms with Gasteiger partial charge in [0.15, 0.2) is 0 Å². The Balaban J connectivity index is 1.29. The zero-order valence-corrected chi connectivity index (χ0v) is 14.7. The van der Waals surface area contributed by atoms with Gasteiger partial charge in [0.2, 0.25) is 5.91 Å². The van der Waals surface area contributed by atoms with Crippen molar-refractivity contribution >= 4 is 17.2 Å². The first kappa shape index (κ1) is 17.0. The molecule has 2 aromatic rings. The van der Waals surface area contributed by atoms with E-state index in [0.29, 0.717) is 19.6 Å². The van der Waals surface area contributed by atoms with Gasteiger partial charge in [0.05, 0.1) is 23.7 Å². The highest BCUT2D eigenvalue weighted by atomic mass is 32.1.